The van der Waals surface area contributed by atoms with Crippen molar-refractivity contribution in [2.24, 2.45) is 17.8 Å². The van der Waals surface area contributed by atoms with Crippen LogP contribution < -0.4 is 11.1 Å². The average Bonchev–Trinajstić information content (AvgIpc) is 3.04. The fourth-order valence-electron chi connectivity index (χ4n) is 2.54. The molecule has 0 bridgehead atoms. The third-order valence-electron chi connectivity index (χ3n) is 3.70. The van der Waals surface area contributed by atoms with E-state index in [1.807, 2.05) is 11.6 Å². The van der Waals surface area contributed by atoms with Gasteiger partial charge in [0.05, 0.1) is 24.8 Å². The molecule has 0 radical (unpaired) electrons. The standard InChI is InChI=1S/C15H19N5.HI/c1-20-10-17-8-14(20)9-18-15(16)19-13-6-5-11-3-2-4-12(11)7-13;/h5-8,10H,2-4,9H2,1H3,(H3,16,18,19);1H. The van der Waals surface area contributed by atoms with Crippen LogP contribution in [0.5, 0.6) is 0 Å². The third kappa shape index (κ3) is 3.75. The van der Waals surface area contributed by atoms with Crippen molar-refractivity contribution in [3.63, 3.8) is 0 Å². The molecule has 1 aromatic heterocycles. The van der Waals surface area contributed by atoms with Crippen LogP contribution in [0.2, 0.25) is 0 Å². The predicted molar refractivity (Wildman–Crippen MR) is 96.0 cm³/mol. The maximum Gasteiger partial charge on any atom is 0.193 e. The van der Waals surface area contributed by atoms with Crippen molar-refractivity contribution < 1.29 is 0 Å². The van der Waals surface area contributed by atoms with Gasteiger partial charge in [-0.05, 0) is 42.5 Å². The summed E-state index contributed by atoms with van der Waals surface area (Å²) in [6.07, 6.45) is 7.17. The van der Waals surface area contributed by atoms with Crippen molar-refractivity contribution in [1.82, 2.24) is 9.55 Å². The molecule has 0 saturated heterocycles. The van der Waals surface area contributed by atoms with E-state index in [2.05, 4.69) is 33.5 Å². The summed E-state index contributed by atoms with van der Waals surface area (Å²) < 4.78 is 1.94. The van der Waals surface area contributed by atoms with E-state index in [1.54, 1.807) is 12.5 Å². The third-order valence-corrected chi connectivity index (χ3v) is 3.70. The van der Waals surface area contributed by atoms with Crippen molar-refractivity contribution >= 4 is 35.6 Å². The molecule has 0 aliphatic heterocycles. The Morgan fingerprint density at radius 2 is 2.19 bits per heavy atom. The Morgan fingerprint density at radius 1 is 1.38 bits per heavy atom. The molecule has 0 unspecified atom stereocenters. The number of aliphatic imine (C=N–C) groups is 1. The molecule has 1 aliphatic carbocycles. The van der Waals surface area contributed by atoms with Gasteiger partial charge < -0.3 is 15.6 Å². The first-order valence-corrected chi connectivity index (χ1v) is 6.86. The molecule has 6 heteroatoms. The van der Waals surface area contributed by atoms with Gasteiger partial charge in [0.15, 0.2) is 5.96 Å². The van der Waals surface area contributed by atoms with E-state index in [-0.39, 0.29) is 24.0 Å². The molecular formula is C15H20IN5. The molecule has 21 heavy (non-hydrogen) atoms. The quantitative estimate of drug-likeness (QED) is 0.475. The molecule has 0 spiro atoms. The Kier molecular flexibility index (Phi) is 5.22. The van der Waals surface area contributed by atoms with Gasteiger partial charge in [0.1, 0.15) is 0 Å². The maximum atomic E-state index is 5.93. The lowest BCUT2D eigenvalue weighted by Gasteiger charge is -2.08. The number of benzene rings is 1. The number of nitrogens with one attached hydrogen (secondary N) is 1. The van der Waals surface area contributed by atoms with Crippen LogP contribution >= 0.6 is 24.0 Å². The molecule has 5 nitrogen and oxygen atoms in total. The zero-order chi connectivity index (χ0) is 13.9. The molecule has 0 saturated carbocycles. The number of rotatable bonds is 3. The lowest BCUT2D eigenvalue weighted by Crippen LogP contribution is -2.22. The van der Waals surface area contributed by atoms with Crippen LogP contribution in [0, 0.1) is 0 Å². The largest absolute Gasteiger partial charge is 0.370 e. The molecule has 2 aromatic rings. The van der Waals surface area contributed by atoms with E-state index >= 15 is 0 Å². The second kappa shape index (κ2) is 6.93. The molecule has 1 heterocycles. The first-order chi connectivity index (χ1) is 9.72. The van der Waals surface area contributed by atoms with Gasteiger partial charge >= 0.3 is 0 Å². The van der Waals surface area contributed by atoms with E-state index in [1.165, 1.54) is 24.0 Å². The summed E-state index contributed by atoms with van der Waals surface area (Å²) in [6, 6.07) is 6.42. The fraction of sp³-hybridized carbons (Fsp3) is 0.333. The number of aryl methyl sites for hydroxylation is 3. The van der Waals surface area contributed by atoms with Crippen LogP contribution in [0.3, 0.4) is 0 Å². The van der Waals surface area contributed by atoms with Crippen molar-refractivity contribution in [3.8, 4) is 0 Å². The first kappa shape index (κ1) is 15.8. The molecule has 3 N–H and O–H groups in total. The predicted octanol–water partition coefficient (Wildman–Crippen LogP) is 2.45. The number of nitrogens with two attached hydrogens (primary N) is 1. The fourth-order valence-corrected chi connectivity index (χ4v) is 2.54. The number of halogens is 1. The summed E-state index contributed by atoms with van der Waals surface area (Å²) in [5, 5.41) is 3.15. The second-order valence-corrected chi connectivity index (χ2v) is 5.16. The van der Waals surface area contributed by atoms with Gasteiger partial charge in [0.25, 0.3) is 0 Å². The van der Waals surface area contributed by atoms with Crippen LogP contribution in [0.25, 0.3) is 0 Å². The van der Waals surface area contributed by atoms with E-state index in [9.17, 15) is 0 Å². The zero-order valence-corrected chi connectivity index (χ0v) is 14.4. The Bertz CT molecular complexity index is 647. The Hall–Kier alpha value is -1.57. The Morgan fingerprint density at radius 3 is 2.95 bits per heavy atom. The minimum atomic E-state index is 0. The summed E-state index contributed by atoms with van der Waals surface area (Å²) in [5.74, 6) is 0.434. The van der Waals surface area contributed by atoms with Gasteiger partial charge in [-0.1, -0.05) is 6.07 Å². The number of nitrogens with zero attached hydrogens (tertiary/aromatic N) is 3. The summed E-state index contributed by atoms with van der Waals surface area (Å²) in [7, 11) is 1.95. The Labute approximate surface area is 141 Å². The number of fused-ring (bicyclic) bond motifs is 1. The Balaban J connectivity index is 0.00000161. The van der Waals surface area contributed by atoms with Gasteiger partial charge in [-0.3, -0.25) is 0 Å². The molecular weight excluding hydrogens is 377 g/mol. The van der Waals surface area contributed by atoms with Crippen molar-refractivity contribution in [2.45, 2.75) is 25.8 Å². The normalized spacial score (nSPS) is 13.7. The highest BCUT2D eigenvalue weighted by atomic mass is 127. The van der Waals surface area contributed by atoms with Crippen LogP contribution in [0.4, 0.5) is 5.69 Å². The van der Waals surface area contributed by atoms with E-state index < -0.39 is 0 Å². The van der Waals surface area contributed by atoms with Gasteiger partial charge in [-0.15, -0.1) is 24.0 Å². The SMILES string of the molecule is Cn1cncc1CN=C(N)Nc1ccc2c(c1)CCC2.I. The van der Waals surface area contributed by atoms with Gasteiger partial charge in [-0.2, -0.15) is 0 Å². The van der Waals surface area contributed by atoms with Gasteiger partial charge in [0, 0.05) is 12.7 Å². The molecule has 1 aromatic carbocycles. The van der Waals surface area contributed by atoms with Gasteiger partial charge in [-0.25, -0.2) is 9.98 Å². The molecule has 112 valence electrons. The lowest BCUT2D eigenvalue weighted by atomic mass is 10.1. The number of hydrogen-bond acceptors (Lipinski definition) is 2. The summed E-state index contributed by atoms with van der Waals surface area (Å²) in [4.78, 5) is 8.39. The first-order valence-electron chi connectivity index (χ1n) is 6.86. The molecule has 3 rings (SSSR count). The minimum Gasteiger partial charge on any atom is -0.370 e. The van der Waals surface area contributed by atoms with Crippen LogP contribution in [-0.2, 0) is 26.4 Å². The number of guanidine groups is 1. The lowest BCUT2D eigenvalue weighted by molar-refractivity contribution is 0.820. The highest BCUT2D eigenvalue weighted by molar-refractivity contribution is 14.0. The number of anilines is 1. The van der Waals surface area contributed by atoms with Crippen molar-refractivity contribution in [1.29, 1.82) is 0 Å². The summed E-state index contributed by atoms with van der Waals surface area (Å²) >= 11 is 0. The van der Waals surface area contributed by atoms with Crippen molar-refractivity contribution in [3.05, 3.63) is 47.5 Å². The van der Waals surface area contributed by atoms with Crippen LogP contribution in [0.15, 0.2) is 35.7 Å². The van der Waals surface area contributed by atoms with E-state index in [0.29, 0.717) is 12.5 Å². The zero-order valence-electron chi connectivity index (χ0n) is 12.0. The van der Waals surface area contributed by atoms with Crippen LogP contribution in [0.1, 0.15) is 23.2 Å². The summed E-state index contributed by atoms with van der Waals surface area (Å²) in [5.41, 5.74) is 10.9. The topological polar surface area (TPSA) is 68.2 Å². The highest BCUT2D eigenvalue weighted by Crippen LogP contribution is 2.24. The van der Waals surface area contributed by atoms with Crippen LogP contribution in [-0.4, -0.2) is 15.5 Å². The second-order valence-electron chi connectivity index (χ2n) is 5.16. The summed E-state index contributed by atoms with van der Waals surface area (Å²) in [6.45, 7) is 0.528. The van der Waals surface area contributed by atoms with Crippen molar-refractivity contribution in [2.75, 3.05) is 5.32 Å². The monoisotopic (exact) mass is 397 g/mol. The molecule has 0 fully saturated rings. The maximum absolute atomic E-state index is 5.93. The molecule has 0 atom stereocenters. The number of imidazole rings is 1. The number of aromatic nitrogens is 2. The van der Waals surface area contributed by atoms with E-state index in [4.69, 9.17) is 5.73 Å². The highest BCUT2D eigenvalue weighted by Gasteiger charge is 2.10. The molecule has 0 amide bonds. The minimum absolute atomic E-state index is 0. The van der Waals surface area contributed by atoms with E-state index in [0.717, 1.165) is 17.8 Å². The van der Waals surface area contributed by atoms with Gasteiger partial charge in [0.2, 0.25) is 0 Å². The smallest absolute Gasteiger partial charge is 0.193 e. The number of hydrogen-bond donors (Lipinski definition) is 2. The molecule has 1 aliphatic rings. The average molecular weight is 397 g/mol.